The molecule has 1 aliphatic heterocycles. The summed E-state index contributed by atoms with van der Waals surface area (Å²) in [5.74, 6) is 0.694. The third-order valence-electron chi connectivity index (χ3n) is 2.73. The van der Waals surface area contributed by atoms with Crippen LogP contribution >= 0.6 is 0 Å². The molecule has 2 heterocycles. The molecule has 1 fully saturated rings. The fourth-order valence-corrected chi connectivity index (χ4v) is 1.86. The van der Waals surface area contributed by atoms with Crippen LogP contribution < -0.4 is 4.90 Å². The first-order valence-corrected chi connectivity index (χ1v) is 5.13. The van der Waals surface area contributed by atoms with Crippen molar-refractivity contribution < 1.29 is 10.0 Å². The molecule has 1 aromatic rings. The highest BCUT2D eigenvalue weighted by Crippen LogP contribution is 2.23. The van der Waals surface area contributed by atoms with Crippen molar-refractivity contribution in [2.75, 3.05) is 18.0 Å². The predicted octanol–water partition coefficient (Wildman–Crippen LogP) is 0.869. The molecular formula is C10H13N3O3. The Morgan fingerprint density at radius 3 is 2.88 bits per heavy atom. The minimum atomic E-state index is -0.440. The zero-order valence-electron chi connectivity index (χ0n) is 8.96. The van der Waals surface area contributed by atoms with E-state index in [9.17, 15) is 15.2 Å². The maximum absolute atomic E-state index is 10.6. The molecule has 0 aliphatic carbocycles. The van der Waals surface area contributed by atoms with E-state index in [1.807, 2.05) is 4.90 Å². The summed E-state index contributed by atoms with van der Waals surface area (Å²) >= 11 is 0. The Kier molecular flexibility index (Phi) is 2.74. The van der Waals surface area contributed by atoms with Crippen molar-refractivity contribution in [2.45, 2.75) is 19.4 Å². The molecule has 86 valence electrons. The predicted molar refractivity (Wildman–Crippen MR) is 58.5 cm³/mol. The summed E-state index contributed by atoms with van der Waals surface area (Å²) in [7, 11) is 0. The maximum atomic E-state index is 10.6. The van der Waals surface area contributed by atoms with Crippen molar-refractivity contribution in [1.82, 2.24) is 4.98 Å². The van der Waals surface area contributed by atoms with Crippen molar-refractivity contribution >= 4 is 11.5 Å². The van der Waals surface area contributed by atoms with E-state index in [0.29, 0.717) is 18.1 Å². The van der Waals surface area contributed by atoms with Gasteiger partial charge in [-0.05, 0) is 19.4 Å². The normalized spacial score (nSPS) is 20.1. The molecule has 1 atom stereocenters. The van der Waals surface area contributed by atoms with Crippen LogP contribution in [0, 0.1) is 17.0 Å². The summed E-state index contributed by atoms with van der Waals surface area (Å²) in [4.78, 5) is 16.3. The van der Waals surface area contributed by atoms with E-state index in [2.05, 4.69) is 4.98 Å². The Morgan fingerprint density at radius 2 is 2.38 bits per heavy atom. The number of rotatable bonds is 2. The second-order valence-electron chi connectivity index (χ2n) is 3.92. The molecule has 6 heteroatoms. The molecule has 0 radical (unpaired) electrons. The second-order valence-corrected chi connectivity index (χ2v) is 3.92. The average Bonchev–Trinajstić information content (AvgIpc) is 2.64. The lowest BCUT2D eigenvalue weighted by molar-refractivity contribution is -0.385. The van der Waals surface area contributed by atoms with E-state index < -0.39 is 4.92 Å². The highest BCUT2D eigenvalue weighted by molar-refractivity contribution is 5.47. The van der Waals surface area contributed by atoms with E-state index >= 15 is 0 Å². The molecule has 1 unspecified atom stereocenters. The maximum Gasteiger partial charge on any atom is 0.290 e. The van der Waals surface area contributed by atoms with E-state index in [1.165, 1.54) is 6.07 Å². The molecule has 1 N–H and O–H groups in total. The summed E-state index contributed by atoms with van der Waals surface area (Å²) in [6.45, 7) is 2.91. The quantitative estimate of drug-likeness (QED) is 0.594. The minimum Gasteiger partial charge on any atom is -0.391 e. The molecule has 1 aromatic heterocycles. The van der Waals surface area contributed by atoms with Gasteiger partial charge in [0.1, 0.15) is 11.5 Å². The van der Waals surface area contributed by atoms with E-state index in [0.717, 1.165) is 13.0 Å². The largest absolute Gasteiger partial charge is 0.391 e. The number of aryl methyl sites for hydroxylation is 1. The Hall–Kier alpha value is -1.69. The van der Waals surface area contributed by atoms with Crippen molar-refractivity contribution in [3.05, 3.63) is 27.9 Å². The van der Waals surface area contributed by atoms with Crippen molar-refractivity contribution in [3.8, 4) is 0 Å². The molecule has 1 aliphatic rings. The van der Waals surface area contributed by atoms with Crippen LogP contribution in [0.5, 0.6) is 0 Å². The number of nitro groups is 1. The van der Waals surface area contributed by atoms with Crippen LogP contribution in [0.25, 0.3) is 0 Å². The first-order valence-electron chi connectivity index (χ1n) is 5.13. The van der Waals surface area contributed by atoms with Crippen LogP contribution in [0.2, 0.25) is 0 Å². The Morgan fingerprint density at radius 1 is 1.62 bits per heavy atom. The van der Waals surface area contributed by atoms with Gasteiger partial charge in [0.15, 0.2) is 0 Å². The Balaban J connectivity index is 2.24. The third kappa shape index (κ3) is 1.96. The molecule has 0 amide bonds. The van der Waals surface area contributed by atoms with E-state index in [1.54, 1.807) is 13.0 Å². The van der Waals surface area contributed by atoms with Crippen LogP contribution in [0.1, 0.15) is 12.1 Å². The van der Waals surface area contributed by atoms with Crippen LogP contribution in [0.4, 0.5) is 11.5 Å². The van der Waals surface area contributed by atoms with Gasteiger partial charge in [0.05, 0.1) is 11.0 Å². The number of aromatic nitrogens is 1. The minimum absolute atomic E-state index is 0.0310. The fraction of sp³-hybridized carbons (Fsp3) is 0.500. The van der Waals surface area contributed by atoms with Gasteiger partial charge >= 0.3 is 0 Å². The summed E-state index contributed by atoms with van der Waals surface area (Å²) in [5, 5.41) is 20.0. The zero-order chi connectivity index (χ0) is 11.7. The number of nitrogens with zero attached hydrogens (tertiary/aromatic N) is 3. The van der Waals surface area contributed by atoms with Crippen molar-refractivity contribution in [1.29, 1.82) is 0 Å². The first kappa shape index (κ1) is 10.8. The smallest absolute Gasteiger partial charge is 0.290 e. The molecule has 0 spiro atoms. The highest BCUT2D eigenvalue weighted by Gasteiger charge is 2.22. The van der Waals surface area contributed by atoms with Gasteiger partial charge in [0.2, 0.25) is 0 Å². The van der Waals surface area contributed by atoms with Gasteiger partial charge < -0.3 is 10.0 Å². The number of pyridine rings is 1. The van der Waals surface area contributed by atoms with Gasteiger partial charge in [0, 0.05) is 19.2 Å². The SMILES string of the molecule is Cc1nc(N2CCC(O)C2)ccc1[N+](=O)[O-]. The second kappa shape index (κ2) is 4.05. The highest BCUT2D eigenvalue weighted by atomic mass is 16.6. The lowest BCUT2D eigenvalue weighted by atomic mass is 10.3. The van der Waals surface area contributed by atoms with Gasteiger partial charge in [-0.1, -0.05) is 0 Å². The van der Waals surface area contributed by atoms with Crippen molar-refractivity contribution in [2.24, 2.45) is 0 Å². The van der Waals surface area contributed by atoms with E-state index in [-0.39, 0.29) is 11.8 Å². The lowest BCUT2D eigenvalue weighted by Gasteiger charge is -2.16. The molecule has 16 heavy (non-hydrogen) atoms. The summed E-state index contributed by atoms with van der Waals surface area (Å²) in [5.41, 5.74) is 0.437. The standard InChI is InChI=1S/C10H13N3O3/c1-7-9(13(15)16)2-3-10(11-7)12-5-4-8(14)6-12/h2-3,8,14H,4-6H2,1H3. The zero-order valence-corrected chi connectivity index (χ0v) is 8.96. The molecule has 2 rings (SSSR count). The van der Waals surface area contributed by atoms with Gasteiger partial charge in [-0.3, -0.25) is 10.1 Å². The third-order valence-corrected chi connectivity index (χ3v) is 2.73. The van der Waals surface area contributed by atoms with Gasteiger partial charge in [0.25, 0.3) is 5.69 Å². The summed E-state index contributed by atoms with van der Waals surface area (Å²) in [6, 6.07) is 3.09. The van der Waals surface area contributed by atoms with E-state index in [4.69, 9.17) is 0 Å². The number of hydrogen-bond acceptors (Lipinski definition) is 5. The lowest BCUT2D eigenvalue weighted by Crippen LogP contribution is -2.22. The van der Waals surface area contributed by atoms with Gasteiger partial charge in [-0.2, -0.15) is 0 Å². The molecule has 0 aromatic carbocycles. The number of anilines is 1. The first-order chi connectivity index (χ1) is 7.58. The van der Waals surface area contributed by atoms with Gasteiger partial charge in [-0.15, -0.1) is 0 Å². The van der Waals surface area contributed by atoms with Crippen LogP contribution in [0.15, 0.2) is 12.1 Å². The Labute approximate surface area is 92.7 Å². The number of aliphatic hydroxyl groups is 1. The summed E-state index contributed by atoms with van der Waals surface area (Å²) in [6.07, 6.45) is 0.398. The Bertz CT molecular complexity index is 422. The topological polar surface area (TPSA) is 79.5 Å². The molecule has 0 bridgehead atoms. The monoisotopic (exact) mass is 223 g/mol. The molecule has 6 nitrogen and oxygen atoms in total. The van der Waals surface area contributed by atoms with Gasteiger partial charge in [-0.25, -0.2) is 4.98 Å². The fourth-order valence-electron chi connectivity index (χ4n) is 1.86. The molecule has 0 saturated carbocycles. The average molecular weight is 223 g/mol. The summed E-state index contributed by atoms with van der Waals surface area (Å²) < 4.78 is 0. The number of β-amino-alcohol motifs (C(OH)–C–C–N with tert-alkyl or cyclic N) is 1. The van der Waals surface area contributed by atoms with Crippen LogP contribution in [0.3, 0.4) is 0 Å². The molecular weight excluding hydrogens is 210 g/mol. The van der Waals surface area contributed by atoms with Crippen LogP contribution in [-0.4, -0.2) is 34.2 Å². The number of aliphatic hydroxyl groups excluding tert-OH is 1. The van der Waals surface area contributed by atoms with Crippen LogP contribution in [-0.2, 0) is 0 Å². The molecule has 1 saturated heterocycles. The number of hydrogen-bond donors (Lipinski definition) is 1. The van der Waals surface area contributed by atoms with Crippen molar-refractivity contribution in [3.63, 3.8) is 0 Å².